The molecule has 33 heavy (non-hydrogen) atoms. The van der Waals surface area contributed by atoms with Crippen LogP contribution < -0.4 is 5.32 Å². The monoisotopic (exact) mass is 460 g/mol. The van der Waals surface area contributed by atoms with Gasteiger partial charge in [0.15, 0.2) is 0 Å². The van der Waals surface area contributed by atoms with Crippen LogP contribution in [-0.4, -0.2) is 83.8 Å². The van der Waals surface area contributed by atoms with Gasteiger partial charge in [-0.2, -0.15) is 0 Å². The first kappa shape index (κ1) is 25.1. The van der Waals surface area contributed by atoms with Gasteiger partial charge in [-0.1, -0.05) is 27.7 Å². The van der Waals surface area contributed by atoms with Gasteiger partial charge in [-0.25, -0.2) is 4.39 Å². The van der Waals surface area contributed by atoms with Crippen molar-refractivity contribution in [1.29, 1.82) is 0 Å². The summed E-state index contributed by atoms with van der Waals surface area (Å²) in [5.74, 6) is -0.656. The summed E-state index contributed by atoms with van der Waals surface area (Å²) in [4.78, 5) is 45.4. The molecule has 8 heteroatoms. The van der Waals surface area contributed by atoms with Crippen molar-refractivity contribution >= 4 is 17.7 Å². The van der Waals surface area contributed by atoms with Crippen LogP contribution in [0.2, 0.25) is 0 Å². The molecule has 3 amide bonds. The Morgan fingerprint density at radius 1 is 1.09 bits per heavy atom. The highest BCUT2D eigenvalue weighted by Gasteiger charge is 2.44. The Balaban J connectivity index is 1.90. The van der Waals surface area contributed by atoms with Crippen LogP contribution in [0.1, 0.15) is 50.9 Å². The Morgan fingerprint density at radius 2 is 1.79 bits per heavy atom. The molecule has 3 rings (SSSR count). The molecule has 0 spiro atoms. The zero-order valence-corrected chi connectivity index (χ0v) is 20.2. The summed E-state index contributed by atoms with van der Waals surface area (Å²) in [5, 5.41) is 3.30. The second-order valence-electron chi connectivity index (χ2n) is 9.84. The van der Waals surface area contributed by atoms with E-state index in [9.17, 15) is 18.8 Å². The van der Waals surface area contributed by atoms with Crippen LogP contribution in [0.4, 0.5) is 4.39 Å². The van der Waals surface area contributed by atoms with Crippen LogP contribution in [0.5, 0.6) is 0 Å². The van der Waals surface area contributed by atoms with Crippen molar-refractivity contribution in [2.24, 2.45) is 11.8 Å². The molecule has 2 fully saturated rings. The summed E-state index contributed by atoms with van der Waals surface area (Å²) in [6.45, 7) is 11.6. The lowest BCUT2D eigenvalue weighted by Crippen LogP contribution is -2.48. The van der Waals surface area contributed by atoms with Crippen molar-refractivity contribution in [3.8, 4) is 0 Å². The average Bonchev–Trinajstić information content (AvgIpc) is 3.03. The number of carbonyl (C=O) groups is 3. The van der Waals surface area contributed by atoms with Gasteiger partial charge in [-0.05, 0) is 49.6 Å². The smallest absolute Gasteiger partial charge is 0.254 e. The number of amides is 3. The van der Waals surface area contributed by atoms with Crippen LogP contribution in [-0.2, 0) is 9.59 Å². The minimum Gasteiger partial charge on any atom is -0.340 e. The van der Waals surface area contributed by atoms with E-state index in [1.165, 1.54) is 24.3 Å². The van der Waals surface area contributed by atoms with Crippen LogP contribution in [0.3, 0.4) is 0 Å². The van der Waals surface area contributed by atoms with Gasteiger partial charge in [-0.15, -0.1) is 0 Å². The molecule has 0 bridgehead atoms. The van der Waals surface area contributed by atoms with Gasteiger partial charge in [0, 0.05) is 44.2 Å². The zero-order chi connectivity index (χ0) is 24.1. The van der Waals surface area contributed by atoms with Gasteiger partial charge in [0.1, 0.15) is 11.9 Å². The highest BCUT2D eigenvalue weighted by Crippen LogP contribution is 2.28. The molecule has 0 aromatic heterocycles. The van der Waals surface area contributed by atoms with Crippen molar-refractivity contribution in [3.05, 3.63) is 35.6 Å². The number of carbonyl (C=O) groups excluding carboxylic acids is 3. The summed E-state index contributed by atoms with van der Waals surface area (Å²) in [6, 6.07) is 4.55. The molecule has 2 saturated heterocycles. The summed E-state index contributed by atoms with van der Waals surface area (Å²) in [7, 11) is 0. The molecule has 2 aliphatic heterocycles. The average molecular weight is 461 g/mol. The molecular weight excluding hydrogens is 423 g/mol. The van der Waals surface area contributed by atoms with Crippen molar-refractivity contribution in [3.63, 3.8) is 0 Å². The predicted octanol–water partition coefficient (Wildman–Crippen LogP) is 2.37. The van der Waals surface area contributed by atoms with Crippen molar-refractivity contribution in [2.75, 3.05) is 39.3 Å². The maximum atomic E-state index is 13.6. The number of benzene rings is 1. The molecule has 182 valence electrons. The molecule has 1 N–H and O–H groups in total. The first-order valence-electron chi connectivity index (χ1n) is 12.1. The maximum Gasteiger partial charge on any atom is 0.254 e. The van der Waals surface area contributed by atoms with E-state index in [2.05, 4.69) is 19.2 Å². The van der Waals surface area contributed by atoms with Gasteiger partial charge in [0.25, 0.3) is 5.91 Å². The van der Waals surface area contributed by atoms with Crippen LogP contribution in [0.25, 0.3) is 0 Å². The Hall–Kier alpha value is -2.48. The van der Waals surface area contributed by atoms with E-state index >= 15 is 0 Å². The minimum atomic E-state index is -0.639. The van der Waals surface area contributed by atoms with Gasteiger partial charge >= 0.3 is 0 Å². The van der Waals surface area contributed by atoms with Gasteiger partial charge in [-0.3, -0.25) is 14.4 Å². The highest BCUT2D eigenvalue weighted by molar-refractivity contribution is 5.98. The largest absolute Gasteiger partial charge is 0.340 e. The fourth-order valence-electron chi connectivity index (χ4n) is 4.68. The number of hydrogen-bond donors (Lipinski definition) is 1. The van der Waals surface area contributed by atoms with Crippen molar-refractivity contribution in [2.45, 2.75) is 52.6 Å². The predicted molar refractivity (Wildman–Crippen MR) is 125 cm³/mol. The normalized spacial score (nSPS) is 21.4. The summed E-state index contributed by atoms with van der Waals surface area (Å²) >= 11 is 0. The third kappa shape index (κ3) is 6.10. The highest BCUT2D eigenvalue weighted by atomic mass is 19.1. The lowest BCUT2D eigenvalue weighted by Gasteiger charge is -2.32. The van der Waals surface area contributed by atoms with Crippen molar-refractivity contribution < 1.29 is 18.8 Å². The Kier molecular flexibility index (Phi) is 8.46. The Morgan fingerprint density at radius 3 is 2.42 bits per heavy atom. The fraction of sp³-hybridized carbons (Fsp3) is 0.640. The second-order valence-corrected chi connectivity index (χ2v) is 9.84. The number of rotatable bonds is 6. The lowest BCUT2D eigenvalue weighted by molar-refractivity contribution is -0.138. The summed E-state index contributed by atoms with van der Waals surface area (Å²) < 4.78 is 13.4. The quantitative estimate of drug-likeness (QED) is 0.708. The molecule has 2 atom stereocenters. The van der Waals surface area contributed by atoms with Crippen LogP contribution in [0.15, 0.2) is 24.3 Å². The molecule has 7 nitrogen and oxygen atoms in total. The topological polar surface area (TPSA) is 73.0 Å². The van der Waals surface area contributed by atoms with E-state index in [1.807, 2.05) is 23.6 Å². The molecule has 1 aromatic rings. The van der Waals surface area contributed by atoms with Gasteiger partial charge in [0.2, 0.25) is 11.8 Å². The van der Waals surface area contributed by atoms with Gasteiger partial charge < -0.3 is 20.0 Å². The Labute approximate surface area is 196 Å². The third-order valence-corrected chi connectivity index (χ3v) is 6.35. The van der Waals surface area contributed by atoms with Crippen LogP contribution in [0, 0.1) is 17.7 Å². The second kappa shape index (κ2) is 11.1. The molecule has 2 unspecified atom stereocenters. The maximum absolute atomic E-state index is 13.6. The molecule has 2 heterocycles. The molecule has 0 aliphatic carbocycles. The fourth-order valence-corrected chi connectivity index (χ4v) is 4.68. The summed E-state index contributed by atoms with van der Waals surface area (Å²) in [6.07, 6.45) is 1.28. The number of hydrogen-bond acceptors (Lipinski definition) is 4. The number of likely N-dealkylation sites (tertiary alicyclic amines) is 1. The van der Waals surface area contributed by atoms with E-state index < -0.39 is 11.9 Å². The van der Waals surface area contributed by atoms with E-state index in [0.29, 0.717) is 38.2 Å². The zero-order valence-electron chi connectivity index (χ0n) is 20.2. The van der Waals surface area contributed by atoms with E-state index in [0.717, 1.165) is 19.5 Å². The third-order valence-electron chi connectivity index (χ3n) is 6.35. The molecular formula is C25H37FN4O3. The van der Waals surface area contributed by atoms with E-state index in [-0.39, 0.29) is 35.6 Å². The molecule has 0 saturated carbocycles. The lowest BCUT2D eigenvalue weighted by atomic mass is 10.0. The van der Waals surface area contributed by atoms with E-state index in [1.54, 1.807) is 4.90 Å². The molecule has 2 aliphatic rings. The minimum absolute atomic E-state index is 0.0370. The van der Waals surface area contributed by atoms with Gasteiger partial charge in [0.05, 0.1) is 6.04 Å². The SMILES string of the molecule is CC(C)CN(C(=O)C(C)C)C1CC(C(=O)N2CCCNCC2)N(C(=O)c2ccc(F)cc2)C1. The standard InChI is InChI=1S/C25H37FN4O3/c1-17(2)15-29(23(31)18(3)4)21-14-22(25(33)28-12-5-10-27-11-13-28)30(16-21)24(32)19-6-8-20(26)9-7-19/h6-9,17-18,21-22,27H,5,10-16H2,1-4H3. The number of nitrogens with zero attached hydrogens (tertiary/aromatic N) is 3. The van der Waals surface area contributed by atoms with Crippen LogP contribution >= 0.6 is 0 Å². The summed E-state index contributed by atoms with van der Waals surface area (Å²) in [5.41, 5.74) is 0.345. The molecule has 0 radical (unpaired) electrons. The number of halogens is 1. The van der Waals surface area contributed by atoms with E-state index in [4.69, 9.17) is 0 Å². The first-order valence-corrected chi connectivity index (χ1v) is 12.1. The number of nitrogens with one attached hydrogen (secondary N) is 1. The van der Waals surface area contributed by atoms with Crippen molar-refractivity contribution in [1.82, 2.24) is 20.0 Å². The first-order chi connectivity index (χ1) is 15.7. The molecule has 1 aromatic carbocycles. The Bertz CT molecular complexity index is 835.